The van der Waals surface area contributed by atoms with Crippen molar-refractivity contribution in [3.8, 4) is 23.0 Å². The zero-order valence-electron chi connectivity index (χ0n) is 19.9. The lowest BCUT2D eigenvalue weighted by Gasteiger charge is -2.31. The fraction of sp³-hybridized carbons (Fsp3) is 0.500. The lowest BCUT2D eigenvalue weighted by atomic mass is 10.0. The van der Waals surface area contributed by atoms with Crippen molar-refractivity contribution < 1.29 is 28.8 Å². The molecule has 8 nitrogen and oxygen atoms in total. The van der Waals surface area contributed by atoms with E-state index in [1.807, 2.05) is 24.3 Å². The minimum Gasteiger partial charge on any atom is -0.497 e. The van der Waals surface area contributed by atoms with Gasteiger partial charge in [0, 0.05) is 12.6 Å². The first-order valence-corrected chi connectivity index (χ1v) is 11.9. The summed E-state index contributed by atoms with van der Waals surface area (Å²) in [4.78, 5) is 15.1. The minimum atomic E-state index is -0.880. The number of ether oxygens (including phenoxy) is 4. The van der Waals surface area contributed by atoms with Crippen LogP contribution in [0.25, 0.3) is 0 Å². The first kappa shape index (κ1) is 24.2. The number of amides is 1. The molecule has 1 saturated heterocycles. The Bertz CT molecular complexity index is 951. The normalized spacial score (nSPS) is 19.3. The second-order valence-electron chi connectivity index (χ2n) is 8.78. The third kappa shape index (κ3) is 6.12. The van der Waals surface area contributed by atoms with Gasteiger partial charge in [0.2, 0.25) is 5.91 Å². The number of aliphatic hydroxyl groups is 1. The number of benzene rings is 2. The molecule has 1 fully saturated rings. The zero-order chi connectivity index (χ0) is 23.9. The van der Waals surface area contributed by atoms with Crippen LogP contribution in [0.3, 0.4) is 0 Å². The van der Waals surface area contributed by atoms with Gasteiger partial charge in [0.25, 0.3) is 0 Å². The van der Waals surface area contributed by atoms with Gasteiger partial charge in [-0.1, -0.05) is 6.07 Å². The van der Waals surface area contributed by atoms with E-state index in [-0.39, 0.29) is 18.9 Å². The van der Waals surface area contributed by atoms with E-state index in [1.165, 1.54) is 0 Å². The van der Waals surface area contributed by atoms with E-state index in [1.54, 1.807) is 25.3 Å². The second-order valence-corrected chi connectivity index (χ2v) is 8.78. The van der Waals surface area contributed by atoms with E-state index in [0.717, 1.165) is 25.1 Å². The van der Waals surface area contributed by atoms with E-state index in [4.69, 9.17) is 18.9 Å². The van der Waals surface area contributed by atoms with Gasteiger partial charge in [-0.05, 0) is 68.3 Å². The molecule has 2 heterocycles. The number of nitrogens with one attached hydrogen (secondary N) is 1. The first-order valence-electron chi connectivity index (χ1n) is 11.9. The van der Waals surface area contributed by atoms with Crippen molar-refractivity contribution in [3.63, 3.8) is 0 Å². The molecule has 34 heavy (non-hydrogen) atoms. The Hall–Kier alpha value is -2.97. The Balaban J connectivity index is 1.38. The number of fused-ring (bicyclic) bond motifs is 1. The molecule has 0 radical (unpaired) electrons. The quantitative estimate of drug-likeness (QED) is 0.552. The molecule has 8 heteroatoms. The molecule has 0 saturated carbocycles. The molecule has 0 unspecified atom stereocenters. The average molecular weight is 471 g/mol. The van der Waals surface area contributed by atoms with Crippen molar-refractivity contribution in [2.24, 2.45) is 0 Å². The maximum absolute atomic E-state index is 12.8. The second kappa shape index (κ2) is 11.4. The maximum Gasteiger partial charge on any atom is 0.223 e. The summed E-state index contributed by atoms with van der Waals surface area (Å²) in [6.07, 6.45) is 1.55. The van der Waals surface area contributed by atoms with Gasteiger partial charge in [-0.15, -0.1) is 0 Å². The van der Waals surface area contributed by atoms with Gasteiger partial charge < -0.3 is 29.4 Å². The number of rotatable bonds is 10. The van der Waals surface area contributed by atoms with Crippen LogP contribution in [0.1, 0.15) is 37.9 Å². The van der Waals surface area contributed by atoms with Crippen LogP contribution >= 0.6 is 0 Å². The number of carbonyl (C=O) groups excluding carboxylic acids is 1. The highest BCUT2D eigenvalue weighted by Gasteiger charge is 2.30. The predicted molar refractivity (Wildman–Crippen MR) is 128 cm³/mol. The van der Waals surface area contributed by atoms with Gasteiger partial charge in [-0.2, -0.15) is 0 Å². The Morgan fingerprint density at radius 2 is 1.88 bits per heavy atom. The van der Waals surface area contributed by atoms with Gasteiger partial charge >= 0.3 is 0 Å². The number of hydrogen-bond donors (Lipinski definition) is 2. The summed E-state index contributed by atoms with van der Waals surface area (Å²) in [6.45, 7) is 4.95. The van der Waals surface area contributed by atoms with Crippen molar-refractivity contribution in [3.05, 3.63) is 48.0 Å². The van der Waals surface area contributed by atoms with Crippen molar-refractivity contribution in [2.45, 2.75) is 44.4 Å². The fourth-order valence-electron chi connectivity index (χ4n) is 4.43. The average Bonchev–Trinajstić information content (AvgIpc) is 3.27. The molecule has 2 aromatic rings. The maximum atomic E-state index is 12.8. The number of hydrogen-bond acceptors (Lipinski definition) is 7. The van der Waals surface area contributed by atoms with Crippen molar-refractivity contribution in [2.75, 3.05) is 40.0 Å². The molecule has 2 aliphatic rings. The lowest BCUT2D eigenvalue weighted by molar-refractivity contribution is -0.123. The number of carbonyl (C=O) groups is 1. The van der Waals surface area contributed by atoms with Gasteiger partial charge in [-0.3, -0.25) is 9.69 Å². The van der Waals surface area contributed by atoms with Crippen LogP contribution in [0.4, 0.5) is 0 Å². The van der Waals surface area contributed by atoms with Crippen molar-refractivity contribution in [1.29, 1.82) is 0 Å². The van der Waals surface area contributed by atoms with Crippen LogP contribution in [-0.2, 0) is 4.79 Å². The van der Waals surface area contributed by atoms with E-state index in [2.05, 4.69) is 17.1 Å². The molecular formula is C26H34N2O6. The number of aliphatic hydroxyl groups excluding tert-OH is 1. The van der Waals surface area contributed by atoms with Gasteiger partial charge in [0.15, 0.2) is 11.5 Å². The molecule has 0 bridgehead atoms. The summed E-state index contributed by atoms with van der Waals surface area (Å²) in [5, 5.41) is 14.3. The van der Waals surface area contributed by atoms with Gasteiger partial charge in [-0.25, -0.2) is 0 Å². The molecule has 2 aliphatic heterocycles. The lowest BCUT2D eigenvalue weighted by Crippen LogP contribution is -2.48. The van der Waals surface area contributed by atoms with Gasteiger partial charge in [0.1, 0.15) is 30.8 Å². The zero-order valence-corrected chi connectivity index (χ0v) is 19.9. The molecule has 0 aromatic heterocycles. The predicted octanol–water partition coefficient (Wildman–Crippen LogP) is 2.94. The molecule has 2 N–H and O–H groups in total. The Morgan fingerprint density at radius 3 is 2.59 bits per heavy atom. The minimum absolute atomic E-state index is 0.165. The SMILES string of the molecule is COc1ccc(OCCC(=O)N[C@H](CN2CCC[C@H]2C)[C@H](O)c2ccc3c(c2)OCCO3)cc1. The topological polar surface area (TPSA) is 89.5 Å². The molecule has 184 valence electrons. The van der Waals surface area contributed by atoms with E-state index >= 15 is 0 Å². The number of nitrogens with zero attached hydrogens (tertiary/aromatic N) is 1. The molecule has 4 rings (SSSR count). The molecule has 0 aliphatic carbocycles. The summed E-state index contributed by atoms with van der Waals surface area (Å²) < 4.78 is 22.1. The van der Waals surface area contributed by atoms with Crippen molar-refractivity contribution in [1.82, 2.24) is 10.2 Å². The summed E-state index contributed by atoms with van der Waals surface area (Å²) in [5.74, 6) is 2.55. The molecular weight excluding hydrogens is 436 g/mol. The largest absolute Gasteiger partial charge is 0.497 e. The van der Waals surface area contributed by atoms with Crippen LogP contribution in [0.2, 0.25) is 0 Å². The third-order valence-electron chi connectivity index (χ3n) is 6.41. The molecule has 1 amide bonds. The summed E-state index contributed by atoms with van der Waals surface area (Å²) in [6, 6.07) is 12.6. The van der Waals surface area contributed by atoms with E-state index in [0.29, 0.717) is 48.6 Å². The first-order chi connectivity index (χ1) is 16.5. The van der Waals surface area contributed by atoms with E-state index < -0.39 is 12.1 Å². The van der Waals surface area contributed by atoms with Crippen LogP contribution in [0, 0.1) is 0 Å². The summed E-state index contributed by atoms with van der Waals surface area (Å²) in [7, 11) is 1.61. The number of likely N-dealkylation sites (tertiary alicyclic amines) is 1. The highest BCUT2D eigenvalue weighted by atomic mass is 16.6. The van der Waals surface area contributed by atoms with Crippen LogP contribution in [0.15, 0.2) is 42.5 Å². The Kier molecular flexibility index (Phi) is 8.13. The summed E-state index contributed by atoms with van der Waals surface area (Å²) >= 11 is 0. The molecule has 0 spiro atoms. The highest BCUT2D eigenvalue weighted by Crippen LogP contribution is 2.33. The third-order valence-corrected chi connectivity index (χ3v) is 6.41. The van der Waals surface area contributed by atoms with Crippen LogP contribution < -0.4 is 24.3 Å². The van der Waals surface area contributed by atoms with Crippen LogP contribution in [-0.4, -0.2) is 68.0 Å². The van der Waals surface area contributed by atoms with E-state index in [9.17, 15) is 9.90 Å². The summed E-state index contributed by atoms with van der Waals surface area (Å²) in [5.41, 5.74) is 0.691. The van der Waals surface area contributed by atoms with Gasteiger partial charge in [0.05, 0.1) is 26.2 Å². The monoisotopic (exact) mass is 470 g/mol. The van der Waals surface area contributed by atoms with Crippen molar-refractivity contribution >= 4 is 5.91 Å². The number of methoxy groups -OCH3 is 1. The Labute approximate surface area is 200 Å². The molecule has 3 atom stereocenters. The van der Waals surface area contributed by atoms with Crippen LogP contribution in [0.5, 0.6) is 23.0 Å². The highest BCUT2D eigenvalue weighted by molar-refractivity contribution is 5.76. The Morgan fingerprint density at radius 1 is 1.15 bits per heavy atom. The standard InChI is InChI=1S/C26H34N2O6/c1-18-4-3-12-28(18)17-22(26(30)19-5-10-23-24(16-19)34-15-14-33-23)27-25(29)11-13-32-21-8-6-20(31-2)7-9-21/h5-10,16,18,22,26,30H,3-4,11-15,17H2,1-2H3,(H,27,29)/t18-,22-,26-/m1/s1. The fourth-order valence-corrected chi connectivity index (χ4v) is 4.43. The molecule has 2 aromatic carbocycles. The smallest absolute Gasteiger partial charge is 0.223 e.